The van der Waals surface area contributed by atoms with Gasteiger partial charge in [-0.25, -0.2) is 9.50 Å². The van der Waals surface area contributed by atoms with Crippen LogP contribution in [-0.4, -0.2) is 21.1 Å². The minimum Gasteiger partial charge on any atom is -0.350 e. The van der Waals surface area contributed by atoms with Crippen LogP contribution in [0.5, 0.6) is 0 Å². The van der Waals surface area contributed by atoms with E-state index in [1.807, 2.05) is 23.8 Å². The fraction of sp³-hybridized carbons (Fsp3) is 0.250. The first-order chi connectivity index (χ1) is 9.81. The fourth-order valence-electron chi connectivity index (χ4n) is 2.95. The molecule has 100 valence electrons. The number of hydrogen-bond acceptors (Lipinski definition) is 3. The molecule has 1 aliphatic rings. The predicted octanol–water partition coefficient (Wildman–Crippen LogP) is 2.60. The van der Waals surface area contributed by atoms with Crippen LogP contribution >= 0.6 is 0 Å². The number of rotatable bonds is 1. The number of aryl methyl sites for hydroxylation is 1. The lowest BCUT2D eigenvalue weighted by Crippen LogP contribution is -2.31. The van der Waals surface area contributed by atoms with Gasteiger partial charge in [0.1, 0.15) is 5.52 Å². The lowest BCUT2D eigenvalue weighted by Gasteiger charge is -2.30. The molecule has 0 aliphatic carbocycles. The third kappa shape index (κ3) is 1.76. The molecule has 0 bridgehead atoms. The summed E-state index contributed by atoms with van der Waals surface area (Å²) in [6.45, 7) is 3.95. The number of hydrogen-bond donors (Lipinski definition) is 0. The zero-order valence-corrected chi connectivity index (χ0v) is 11.5. The van der Waals surface area contributed by atoms with Gasteiger partial charge in [0.2, 0.25) is 0 Å². The summed E-state index contributed by atoms with van der Waals surface area (Å²) >= 11 is 0. The third-order valence-electron chi connectivity index (χ3n) is 3.92. The molecule has 1 aromatic carbocycles. The molecule has 0 atom stereocenters. The van der Waals surface area contributed by atoms with Crippen molar-refractivity contribution in [1.29, 1.82) is 0 Å². The Bertz CT molecular complexity index is 775. The topological polar surface area (TPSA) is 33.4 Å². The average Bonchev–Trinajstić information content (AvgIpc) is 2.86. The highest BCUT2D eigenvalue weighted by Crippen LogP contribution is 2.26. The molecule has 0 radical (unpaired) electrons. The molecule has 20 heavy (non-hydrogen) atoms. The first-order valence-corrected chi connectivity index (χ1v) is 6.94. The van der Waals surface area contributed by atoms with Crippen LogP contribution < -0.4 is 4.90 Å². The summed E-state index contributed by atoms with van der Waals surface area (Å²) in [7, 11) is 0. The molecule has 1 aliphatic heterocycles. The summed E-state index contributed by atoms with van der Waals surface area (Å²) in [6.07, 6.45) is 4.81. The van der Waals surface area contributed by atoms with Gasteiger partial charge in [-0.05, 0) is 30.5 Å². The van der Waals surface area contributed by atoms with E-state index in [1.54, 1.807) is 0 Å². The Kier molecular flexibility index (Phi) is 2.49. The van der Waals surface area contributed by atoms with E-state index in [2.05, 4.69) is 45.3 Å². The number of fused-ring (bicyclic) bond motifs is 2. The van der Waals surface area contributed by atoms with E-state index in [0.29, 0.717) is 0 Å². The Morgan fingerprint density at radius 3 is 2.90 bits per heavy atom. The second-order valence-corrected chi connectivity index (χ2v) is 5.31. The van der Waals surface area contributed by atoms with Crippen molar-refractivity contribution in [3.05, 3.63) is 59.5 Å². The van der Waals surface area contributed by atoms with Crippen molar-refractivity contribution in [1.82, 2.24) is 14.6 Å². The maximum Gasteiger partial charge on any atom is 0.155 e. The molecule has 0 saturated heterocycles. The molecule has 0 fully saturated rings. The standard InChI is InChI=1S/C16H16N4/c1-12-10-15-16(17-7-9-20(15)18-12)19-8-6-13-4-2-3-5-14(13)11-19/h2-5,7,9-10H,6,8,11H2,1H3. The van der Waals surface area contributed by atoms with Gasteiger partial charge in [-0.15, -0.1) is 0 Å². The van der Waals surface area contributed by atoms with Crippen molar-refractivity contribution in [3.63, 3.8) is 0 Å². The molecule has 0 saturated carbocycles. The van der Waals surface area contributed by atoms with Crippen molar-refractivity contribution >= 4 is 11.3 Å². The highest BCUT2D eigenvalue weighted by Gasteiger charge is 2.19. The van der Waals surface area contributed by atoms with E-state index in [0.717, 1.165) is 36.5 Å². The van der Waals surface area contributed by atoms with Crippen LogP contribution in [0.2, 0.25) is 0 Å². The predicted molar refractivity (Wildman–Crippen MR) is 78.9 cm³/mol. The van der Waals surface area contributed by atoms with Gasteiger partial charge in [-0.3, -0.25) is 0 Å². The summed E-state index contributed by atoms with van der Waals surface area (Å²) in [5.41, 5.74) is 4.97. The molecular formula is C16H16N4. The van der Waals surface area contributed by atoms with Crippen LogP contribution in [0.4, 0.5) is 5.82 Å². The SMILES string of the molecule is Cc1cc2c(N3CCc4ccccc4C3)nccn2n1. The molecule has 0 spiro atoms. The Morgan fingerprint density at radius 2 is 2.00 bits per heavy atom. The zero-order valence-electron chi connectivity index (χ0n) is 11.5. The van der Waals surface area contributed by atoms with Crippen molar-refractivity contribution < 1.29 is 0 Å². The van der Waals surface area contributed by atoms with E-state index in [-0.39, 0.29) is 0 Å². The molecular weight excluding hydrogens is 248 g/mol. The Labute approximate surface area is 117 Å². The van der Waals surface area contributed by atoms with Crippen molar-refractivity contribution in [2.24, 2.45) is 0 Å². The lowest BCUT2D eigenvalue weighted by molar-refractivity contribution is 0.720. The van der Waals surface area contributed by atoms with Crippen LogP contribution in [0, 0.1) is 6.92 Å². The molecule has 3 aromatic rings. The second-order valence-electron chi connectivity index (χ2n) is 5.31. The maximum atomic E-state index is 4.58. The number of benzene rings is 1. The van der Waals surface area contributed by atoms with Crippen molar-refractivity contribution in [3.8, 4) is 0 Å². The van der Waals surface area contributed by atoms with Crippen molar-refractivity contribution in [2.75, 3.05) is 11.4 Å². The number of aromatic nitrogens is 3. The highest BCUT2D eigenvalue weighted by molar-refractivity contribution is 5.69. The van der Waals surface area contributed by atoms with Crippen LogP contribution in [0.1, 0.15) is 16.8 Å². The van der Waals surface area contributed by atoms with Crippen molar-refractivity contribution in [2.45, 2.75) is 19.9 Å². The van der Waals surface area contributed by atoms with Gasteiger partial charge in [0, 0.05) is 25.5 Å². The lowest BCUT2D eigenvalue weighted by atomic mass is 10.00. The van der Waals surface area contributed by atoms with E-state index < -0.39 is 0 Å². The van der Waals surface area contributed by atoms with E-state index in [1.165, 1.54) is 11.1 Å². The second kappa shape index (κ2) is 4.34. The Hall–Kier alpha value is -2.36. The molecule has 2 aromatic heterocycles. The molecule has 3 heterocycles. The van der Waals surface area contributed by atoms with Gasteiger partial charge in [0.25, 0.3) is 0 Å². The third-order valence-corrected chi connectivity index (χ3v) is 3.92. The van der Waals surface area contributed by atoms with Gasteiger partial charge in [0.15, 0.2) is 5.82 Å². The van der Waals surface area contributed by atoms with E-state index >= 15 is 0 Å². The number of nitrogens with zero attached hydrogens (tertiary/aromatic N) is 4. The van der Waals surface area contributed by atoms with Gasteiger partial charge in [0.05, 0.1) is 5.69 Å². The van der Waals surface area contributed by atoms with E-state index in [9.17, 15) is 0 Å². The van der Waals surface area contributed by atoms with Crippen LogP contribution in [0.15, 0.2) is 42.7 Å². The van der Waals surface area contributed by atoms with Crippen LogP contribution in [-0.2, 0) is 13.0 Å². The highest BCUT2D eigenvalue weighted by atomic mass is 15.3. The fourth-order valence-corrected chi connectivity index (χ4v) is 2.95. The van der Waals surface area contributed by atoms with Gasteiger partial charge >= 0.3 is 0 Å². The first-order valence-electron chi connectivity index (χ1n) is 6.94. The molecule has 0 unspecified atom stereocenters. The molecule has 0 amide bonds. The maximum absolute atomic E-state index is 4.58. The largest absolute Gasteiger partial charge is 0.350 e. The Morgan fingerprint density at radius 1 is 1.15 bits per heavy atom. The Balaban J connectivity index is 1.78. The van der Waals surface area contributed by atoms with Crippen LogP contribution in [0.25, 0.3) is 5.52 Å². The van der Waals surface area contributed by atoms with Gasteiger partial charge < -0.3 is 4.90 Å². The smallest absolute Gasteiger partial charge is 0.155 e. The van der Waals surface area contributed by atoms with Gasteiger partial charge in [-0.1, -0.05) is 24.3 Å². The quantitative estimate of drug-likeness (QED) is 0.677. The molecule has 4 rings (SSSR count). The summed E-state index contributed by atoms with van der Waals surface area (Å²) in [5, 5.41) is 4.46. The summed E-state index contributed by atoms with van der Waals surface area (Å²) in [4.78, 5) is 6.93. The van der Waals surface area contributed by atoms with Gasteiger partial charge in [-0.2, -0.15) is 5.10 Å². The van der Waals surface area contributed by atoms with E-state index in [4.69, 9.17) is 0 Å². The minimum atomic E-state index is 0.924. The number of anilines is 1. The first kappa shape index (κ1) is 11.5. The summed E-state index contributed by atoms with van der Waals surface area (Å²) < 4.78 is 1.91. The minimum absolute atomic E-state index is 0.924. The molecule has 4 nitrogen and oxygen atoms in total. The molecule has 4 heteroatoms. The van der Waals surface area contributed by atoms with Crippen LogP contribution in [0.3, 0.4) is 0 Å². The monoisotopic (exact) mass is 264 g/mol. The average molecular weight is 264 g/mol. The summed E-state index contributed by atoms with van der Waals surface area (Å²) in [5.74, 6) is 1.03. The molecule has 0 N–H and O–H groups in total. The zero-order chi connectivity index (χ0) is 13.5. The normalized spacial score (nSPS) is 14.6. The summed E-state index contributed by atoms with van der Waals surface area (Å²) in [6, 6.07) is 10.8.